The number of nitrogens with one attached hydrogen (secondary N) is 3. The van der Waals surface area contributed by atoms with E-state index in [2.05, 4.69) is 20.2 Å². The van der Waals surface area contributed by atoms with Crippen LogP contribution in [0.25, 0.3) is 0 Å². The van der Waals surface area contributed by atoms with Crippen molar-refractivity contribution < 1.29 is 8.42 Å². The van der Waals surface area contributed by atoms with Crippen LogP contribution in [0.2, 0.25) is 0 Å². The van der Waals surface area contributed by atoms with Gasteiger partial charge in [0.05, 0.1) is 6.20 Å². The molecular formula is C11H16N4O2S2. The molecule has 0 aliphatic heterocycles. The highest BCUT2D eigenvalue weighted by Crippen LogP contribution is 2.21. The Morgan fingerprint density at radius 2 is 2.21 bits per heavy atom. The van der Waals surface area contributed by atoms with Crippen molar-refractivity contribution in [2.75, 3.05) is 6.54 Å². The fraction of sp³-hybridized carbons (Fsp3) is 0.364. The molecule has 19 heavy (non-hydrogen) atoms. The van der Waals surface area contributed by atoms with Crippen molar-refractivity contribution >= 4 is 21.4 Å². The Hall–Kier alpha value is -1.22. The van der Waals surface area contributed by atoms with Gasteiger partial charge in [-0.15, -0.1) is 11.3 Å². The summed E-state index contributed by atoms with van der Waals surface area (Å²) in [5.74, 6) is 0. The monoisotopic (exact) mass is 300 g/mol. The van der Waals surface area contributed by atoms with Crippen molar-refractivity contribution in [2.45, 2.75) is 24.2 Å². The third kappa shape index (κ3) is 3.87. The molecule has 2 aromatic rings. The zero-order valence-corrected chi connectivity index (χ0v) is 12.1. The first kappa shape index (κ1) is 14.2. The molecule has 0 aliphatic rings. The lowest BCUT2D eigenvalue weighted by Gasteiger charge is -2.02. The highest BCUT2D eigenvalue weighted by Gasteiger charge is 2.16. The molecule has 6 nitrogen and oxygen atoms in total. The summed E-state index contributed by atoms with van der Waals surface area (Å²) in [6.07, 6.45) is 3.25. The summed E-state index contributed by atoms with van der Waals surface area (Å²) in [6, 6.07) is 3.47. The molecule has 0 atom stereocenters. The quantitative estimate of drug-likeness (QED) is 0.713. The maximum absolute atomic E-state index is 12.1. The molecule has 0 spiro atoms. The fourth-order valence-electron chi connectivity index (χ4n) is 1.47. The Labute approximate surface area is 116 Å². The van der Waals surface area contributed by atoms with E-state index in [4.69, 9.17) is 0 Å². The van der Waals surface area contributed by atoms with Crippen LogP contribution in [0.5, 0.6) is 0 Å². The molecule has 3 N–H and O–H groups in total. The van der Waals surface area contributed by atoms with E-state index < -0.39 is 10.0 Å². The second-order valence-electron chi connectivity index (χ2n) is 3.93. The predicted octanol–water partition coefficient (Wildman–Crippen LogP) is 1.06. The lowest BCUT2D eigenvalue weighted by atomic mass is 10.4. The fourth-order valence-corrected chi connectivity index (χ4v) is 3.86. The molecular weight excluding hydrogens is 284 g/mol. The van der Waals surface area contributed by atoms with Crippen LogP contribution in [-0.4, -0.2) is 25.2 Å². The van der Waals surface area contributed by atoms with Crippen molar-refractivity contribution in [1.82, 2.24) is 20.2 Å². The van der Waals surface area contributed by atoms with Crippen molar-refractivity contribution in [2.24, 2.45) is 0 Å². The molecule has 2 rings (SSSR count). The largest absolute Gasteiger partial charge is 0.312 e. The molecule has 0 unspecified atom stereocenters. The number of hydrogen-bond acceptors (Lipinski definition) is 5. The van der Waals surface area contributed by atoms with Gasteiger partial charge >= 0.3 is 0 Å². The minimum atomic E-state index is -3.44. The number of nitrogens with zero attached hydrogens (tertiary/aromatic N) is 1. The molecule has 0 saturated carbocycles. The van der Waals surface area contributed by atoms with Gasteiger partial charge in [-0.05, 0) is 18.7 Å². The van der Waals surface area contributed by atoms with Crippen LogP contribution in [0.4, 0.5) is 0 Å². The Morgan fingerprint density at radius 1 is 1.37 bits per heavy atom. The van der Waals surface area contributed by atoms with Gasteiger partial charge in [-0.1, -0.05) is 6.92 Å². The van der Waals surface area contributed by atoms with E-state index in [0.717, 1.165) is 17.0 Å². The summed E-state index contributed by atoms with van der Waals surface area (Å²) in [6.45, 7) is 3.80. The zero-order chi connectivity index (χ0) is 13.7. The van der Waals surface area contributed by atoms with Crippen LogP contribution < -0.4 is 10.0 Å². The summed E-state index contributed by atoms with van der Waals surface area (Å²) in [7, 11) is -3.44. The Kier molecular flexibility index (Phi) is 4.70. The summed E-state index contributed by atoms with van der Waals surface area (Å²) >= 11 is 1.28. The van der Waals surface area contributed by atoms with E-state index in [1.54, 1.807) is 18.5 Å². The van der Waals surface area contributed by atoms with Crippen LogP contribution in [0.1, 0.15) is 17.4 Å². The molecule has 0 radical (unpaired) electrons. The topological polar surface area (TPSA) is 86.9 Å². The van der Waals surface area contributed by atoms with Gasteiger partial charge < -0.3 is 5.32 Å². The van der Waals surface area contributed by atoms with Crippen LogP contribution in [0.3, 0.4) is 0 Å². The third-order valence-electron chi connectivity index (χ3n) is 2.47. The van der Waals surface area contributed by atoms with E-state index in [1.165, 1.54) is 11.3 Å². The summed E-state index contributed by atoms with van der Waals surface area (Å²) in [4.78, 5) is 1.01. The second kappa shape index (κ2) is 6.29. The van der Waals surface area contributed by atoms with Gasteiger partial charge in [-0.3, -0.25) is 5.10 Å². The van der Waals surface area contributed by atoms with E-state index in [9.17, 15) is 8.42 Å². The molecule has 0 aromatic carbocycles. The van der Waals surface area contributed by atoms with Gasteiger partial charge in [0, 0.05) is 29.7 Å². The number of sulfonamides is 1. The maximum atomic E-state index is 12.1. The Morgan fingerprint density at radius 3 is 2.89 bits per heavy atom. The summed E-state index contributed by atoms with van der Waals surface area (Å²) in [5.41, 5.74) is 0.799. The van der Waals surface area contributed by atoms with Crippen molar-refractivity contribution in [3.63, 3.8) is 0 Å². The average Bonchev–Trinajstić information content (AvgIpc) is 3.05. The number of thiophene rings is 1. The minimum Gasteiger partial charge on any atom is -0.312 e. The molecule has 0 saturated heterocycles. The normalized spacial score (nSPS) is 11.8. The van der Waals surface area contributed by atoms with E-state index in [0.29, 0.717) is 10.8 Å². The standard InChI is InChI=1S/C11H16N4O2S2/c1-2-12-8-10-3-4-11(18-10)19(16,17)15-7-9-5-13-14-6-9/h3-6,12,15H,2,7-8H2,1H3,(H,13,14). The highest BCUT2D eigenvalue weighted by atomic mass is 32.2. The Bertz CT molecular complexity index is 604. The molecule has 2 heterocycles. The van der Waals surface area contributed by atoms with Crippen molar-refractivity contribution in [1.29, 1.82) is 0 Å². The summed E-state index contributed by atoms with van der Waals surface area (Å²) < 4.78 is 27.0. The van der Waals surface area contributed by atoms with Gasteiger partial charge in [0.2, 0.25) is 10.0 Å². The zero-order valence-electron chi connectivity index (χ0n) is 10.5. The van der Waals surface area contributed by atoms with Gasteiger partial charge in [0.15, 0.2) is 0 Å². The molecule has 8 heteroatoms. The molecule has 104 valence electrons. The molecule has 0 amide bonds. The van der Waals surface area contributed by atoms with E-state index in [1.807, 2.05) is 13.0 Å². The predicted molar refractivity (Wildman–Crippen MR) is 74.3 cm³/mol. The molecule has 0 aliphatic carbocycles. The van der Waals surface area contributed by atoms with Crippen LogP contribution in [0, 0.1) is 0 Å². The number of H-pyrrole nitrogens is 1. The van der Waals surface area contributed by atoms with E-state index >= 15 is 0 Å². The number of aromatic nitrogens is 2. The van der Waals surface area contributed by atoms with Gasteiger partial charge in [-0.2, -0.15) is 5.10 Å². The maximum Gasteiger partial charge on any atom is 0.250 e. The van der Waals surface area contributed by atoms with Gasteiger partial charge in [0.1, 0.15) is 4.21 Å². The number of hydrogen-bond donors (Lipinski definition) is 3. The number of rotatable bonds is 7. The average molecular weight is 300 g/mol. The lowest BCUT2D eigenvalue weighted by Crippen LogP contribution is -2.22. The SMILES string of the molecule is CCNCc1ccc(S(=O)(=O)NCc2cn[nH]c2)s1. The number of aromatic amines is 1. The van der Waals surface area contributed by atoms with Crippen LogP contribution in [0.15, 0.2) is 28.7 Å². The van der Waals surface area contributed by atoms with E-state index in [-0.39, 0.29) is 6.54 Å². The first-order valence-electron chi connectivity index (χ1n) is 5.88. The van der Waals surface area contributed by atoms with Gasteiger partial charge in [-0.25, -0.2) is 13.1 Å². The first-order chi connectivity index (χ1) is 9.12. The molecule has 0 fully saturated rings. The third-order valence-corrected chi connectivity index (χ3v) is 5.45. The minimum absolute atomic E-state index is 0.235. The van der Waals surface area contributed by atoms with Crippen LogP contribution >= 0.6 is 11.3 Å². The first-order valence-corrected chi connectivity index (χ1v) is 8.18. The van der Waals surface area contributed by atoms with Crippen molar-refractivity contribution in [3.05, 3.63) is 35.0 Å². The summed E-state index contributed by atoms with van der Waals surface area (Å²) in [5, 5.41) is 9.58. The lowest BCUT2D eigenvalue weighted by molar-refractivity contribution is 0.583. The van der Waals surface area contributed by atoms with Crippen molar-refractivity contribution in [3.8, 4) is 0 Å². The highest BCUT2D eigenvalue weighted by molar-refractivity contribution is 7.91. The Balaban J connectivity index is 2.00. The van der Waals surface area contributed by atoms with Crippen LogP contribution in [-0.2, 0) is 23.1 Å². The second-order valence-corrected chi connectivity index (χ2v) is 7.09. The van der Waals surface area contributed by atoms with Gasteiger partial charge in [0.25, 0.3) is 0 Å². The molecule has 2 aromatic heterocycles. The smallest absolute Gasteiger partial charge is 0.250 e. The molecule has 0 bridgehead atoms.